The van der Waals surface area contributed by atoms with Crippen molar-refractivity contribution in [1.82, 2.24) is 0 Å². The standard InChI is InChI=1S/C21H21IO2P2/c1-16-12-17(14-25(23)19-8-4-2-5-9-19)21(22)18(13-16)15-26(24)20-10-6-3-7-11-20/h2-13,23-24H,14-15H2,1H3. The Bertz CT molecular complexity index is 788. The van der Waals surface area contributed by atoms with Crippen LogP contribution < -0.4 is 10.6 Å². The summed E-state index contributed by atoms with van der Waals surface area (Å²) in [7, 11) is -2.44. The van der Waals surface area contributed by atoms with Crippen molar-refractivity contribution < 1.29 is 9.79 Å². The van der Waals surface area contributed by atoms with E-state index in [1.165, 1.54) is 5.56 Å². The first-order valence-corrected chi connectivity index (χ1v) is 12.4. The van der Waals surface area contributed by atoms with Crippen LogP contribution in [0.5, 0.6) is 0 Å². The van der Waals surface area contributed by atoms with E-state index in [9.17, 15) is 9.79 Å². The number of hydrogen-bond acceptors (Lipinski definition) is 2. The van der Waals surface area contributed by atoms with E-state index < -0.39 is 16.3 Å². The fourth-order valence-electron chi connectivity index (χ4n) is 2.86. The van der Waals surface area contributed by atoms with Crippen LogP contribution >= 0.6 is 38.9 Å². The maximum atomic E-state index is 10.7. The molecule has 5 heteroatoms. The van der Waals surface area contributed by atoms with Crippen molar-refractivity contribution in [2.24, 2.45) is 0 Å². The van der Waals surface area contributed by atoms with Gasteiger partial charge in [0.15, 0.2) is 0 Å². The molecule has 3 aromatic rings. The quantitative estimate of drug-likeness (QED) is 0.373. The van der Waals surface area contributed by atoms with Gasteiger partial charge in [-0.05, 0) is 40.6 Å². The zero-order valence-electron chi connectivity index (χ0n) is 14.5. The van der Waals surface area contributed by atoms with Crippen LogP contribution in [0.1, 0.15) is 16.7 Å². The minimum Gasteiger partial charge on any atom is -0.369 e. The Balaban J connectivity index is 1.82. The molecule has 0 radical (unpaired) electrons. The Morgan fingerprint density at radius 1 is 0.731 bits per heavy atom. The smallest absolute Gasteiger partial charge is 0.0608 e. The minimum atomic E-state index is -1.22. The zero-order chi connectivity index (χ0) is 18.5. The Labute approximate surface area is 171 Å². The summed E-state index contributed by atoms with van der Waals surface area (Å²) in [6, 6.07) is 24.0. The average molecular weight is 494 g/mol. The number of halogens is 1. The predicted molar refractivity (Wildman–Crippen MR) is 122 cm³/mol. The molecule has 0 fully saturated rings. The molecule has 2 N–H and O–H groups in total. The third-order valence-corrected chi connectivity index (χ3v) is 8.57. The minimum absolute atomic E-state index is 0.640. The van der Waals surface area contributed by atoms with Crippen LogP contribution in [0, 0.1) is 10.5 Å². The molecule has 0 aliphatic rings. The monoisotopic (exact) mass is 494 g/mol. The fourth-order valence-corrected chi connectivity index (χ4v) is 6.70. The van der Waals surface area contributed by atoms with Gasteiger partial charge in [0, 0.05) is 26.5 Å². The Hall–Kier alpha value is -0.830. The lowest BCUT2D eigenvalue weighted by Crippen LogP contribution is -2.05. The number of benzene rings is 3. The van der Waals surface area contributed by atoms with Crippen LogP contribution in [0.4, 0.5) is 0 Å². The third-order valence-electron chi connectivity index (χ3n) is 4.12. The largest absolute Gasteiger partial charge is 0.369 e. The molecule has 134 valence electrons. The Morgan fingerprint density at radius 2 is 1.12 bits per heavy atom. The molecule has 0 aliphatic heterocycles. The van der Waals surface area contributed by atoms with E-state index in [1.807, 2.05) is 60.7 Å². The van der Waals surface area contributed by atoms with Crippen molar-refractivity contribution in [1.29, 1.82) is 0 Å². The first-order chi connectivity index (χ1) is 12.5. The van der Waals surface area contributed by atoms with Crippen molar-refractivity contribution in [3.05, 3.63) is 93.1 Å². The molecular weight excluding hydrogens is 473 g/mol. The lowest BCUT2D eigenvalue weighted by molar-refractivity contribution is 0.633. The maximum Gasteiger partial charge on any atom is 0.0608 e. The summed E-state index contributed by atoms with van der Waals surface area (Å²) in [6.07, 6.45) is 1.28. The predicted octanol–water partition coefficient (Wildman–Crippen LogP) is 5.03. The third kappa shape index (κ3) is 5.12. The molecule has 2 atom stereocenters. The van der Waals surface area contributed by atoms with E-state index in [2.05, 4.69) is 41.6 Å². The Kier molecular flexibility index (Phi) is 7.19. The van der Waals surface area contributed by atoms with Gasteiger partial charge in [-0.1, -0.05) is 78.4 Å². The van der Waals surface area contributed by atoms with E-state index in [4.69, 9.17) is 0 Å². The molecule has 0 saturated carbocycles. The molecule has 0 aromatic heterocycles. The van der Waals surface area contributed by atoms with Crippen LogP contribution in [0.15, 0.2) is 72.8 Å². The molecule has 0 spiro atoms. The van der Waals surface area contributed by atoms with E-state index >= 15 is 0 Å². The SMILES string of the molecule is Cc1cc(CP(O)c2ccccc2)c(I)c(CP(O)c2ccccc2)c1. The zero-order valence-corrected chi connectivity index (χ0v) is 18.5. The summed E-state index contributed by atoms with van der Waals surface area (Å²) < 4.78 is 1.16. The normalized spacial score (nSPS) is 13.4. The van der Waals surface area contributed by atoms with Crippen LogP contribution in [0.2, 0.25) is 0 Å². The highest BCUT2D eigenvalue weighted by Crippen LogP contribution is 2.40. The molecule has 0 saturated heterocycles. The van der Waals surface area contributed by atoms with Gasteiger partial charge in [0.2, 0.25) is 0 Å². The van der Waals surface area contributed by atoms with Gasteiger partial charge in [0.05, 0.1) is 16.3 Å². The highest BCUT2D eigenvalue weighted by Gasteiger charge is 2.16. The van der Waals surface area contributed by atoms with Crippen molar-refractivity contribution >= 4 is 49.5 Å². The van der Waals surface area contributed by atoms with Gasteiger partial charge >= 0.3 is 0 Å². The summed E-state index contributed by atoms with van der Waals surface area (Å²) in [5.74, 6) is 0. The maximum absolute atomic E-state index is 10.7. The second kappa shape index (κ2) is 9.39. The highest BCUT2D eigenvalue weighted by atomic mass is 127. The van der Waals surface area contributed by atoms with Crippen LogP contribution in [-0.4, -0.2) is 9.79 Å². The number of hydrogen-bond donors (Lipinski definition) is 2. The first-order valence-electron chi connectivity index (χ1n) is 8.35. The second-order valence-electron chi connectivity index (χ2n) is 6.18. The molecule has 0 bridgehead atoms. The van der Waals surface area contributed by atoms with Crippen LogP contribution in [-0.2, 0) is 12.3 Å². The number of rotatable bonds is 6. The fraction of sp³-hybridized carbons (Fsp3) is 0.143. The van der Waals surface area contributed by atoms with Crippen molar-refractivity contribution in [3.63, 3.8) is 0 Å². The van der Waals surface area contributed by atoms with Crippen molar-refractivity contribution in [3.8, 4) is 0 Å². The summed E-state index contributed by atoms with van der Waals surface area (Å²) in [4.78, 5) is 21.3. The number of aryl methyl sites for hydroxylation is 1. The first kappa shape index (κ1) is 19.9. The van der Waals surface area contributed by atoms with Gasteiger partial charge in [-0.2, -0.15) is 0 Å². The van der Waals surface area contributed by atoms with E-state index in [-0.39, 0.29) is 0 Å². The van der Waals surface area contributed by atoms with Crippen molar-refractivity contribution in [2.75, 3.05) is 0 Å². The molecule has 2 nitrogen and oxygen atoms in total. The lowest BCUT2D eigenvalue weighted by Gasteiger charge is -2.17. The highest BCUT2D eigenvalue weighted by molar-refractivity contribution is 14.1. The molecule has 2 unspecified atom stereocenters. The molecule has 0 aliphatic carbocycles. The summed E-state index contributed by atoms with van der Waals surface area (Å²) in [5.41, 5.74) is 3.49. The molecule has 3 rings (SSSR count). The van der Waals surface area contributed by atoms with E-state index in [0.29, 0.717) is 12.3 Å². The van der Waals surface area contributed by atoms with Gasteiger partial charge in [-0.15, -0.1) is 0 Å². The topological polar surface area (TPSA) is 40.5 Å². The van der Waals surface area contributed by atoms with Gasteiger partial charge in [-0.25, -0.2) is 0 Å². The van der Waals surface area contributed by atoms with Gasteiger partial charge in [0.25, 0.3) is 0 Å². The summed E-state index contributed by atoms with van der Waals surface area (Å²) in [6.45, 7) is 2.08. The van der Waals surface area contributed by atoms with Crippen molar-refractivity contribution in [2.45, 2.75) is 19.2 Å². The Morgan fingerprint density at radius 3 is 1.50 bits per heavy atom. The molecule has 26 heavy (non-hydrogen) atoms. The van der Waals surface area contributed by atoms with E-state index in [1.54, 1.807) is 0 Å². The van der Waals surface area contributed by atoms with E-state index in [0.717, 1.165) is 25.3 Å². The molecule has 0 amide bonds. The molecule has 3 aromatic carbocycles. The summed E-state index contributed by atoms with van der Waals surface area (Å²) in [5, 5.41) is 1.99. The van der Waals surface area contributed by atoms with Gasteiger partial charge in [0.1, 0.15) is 0 Å². The second-order valence-corrected chi connectivity index (χ2v) is 10.5. The molecular formula is C21H21IO2P2. The van der Waals surface area contributed by atoms with Gasteiger partial charge in [-0.3, -0.25) is 0 Å². The van der Waals surface area contributed by atoms with Gasteiger partial charge < -0.3 is 9.79 Å². The van der Waals surface area contributed by atoms with Crippen LogP contribution in [0.3, 0.4) is 0 Å². The van der Waals surface area contributed by atoms with Crippen LogP contribution in [0.25, 0.3) is 0 Å². The summed E-state index contributed by atoms with van der Waals surface area (Å²) >= 11 is 2.36. The molecule has 0 heterocycles. The lowest BCUT2D eigenvalue weighted by atomic mass is 10.1. The average Bonchev–Trinajstić information content (AvgIpc) is 2.66.